The van der Waals surface area contributed by atoms with Crippen LogP contribution < -0.4 is 5.32 Å². The summed E-state index contributed by atoms with van der Waals surface area (Å²) in [4.78, 5) is 19.6. The molecule has 1 aliphatic heterocycles. The van der Waals surface area contributed by atoms with E-state index in [2.05, 4.69) is 15.3 Å². The molecular weight excluding hydrogens is 194 g/mol. The molecule has 1 amide bonds. The van der Waals surface area contributed by atoms with Crippen LogP contribution >= 0.6 is 0 Å². The number of carbonyl (C=O) groups is 1. The quantitative estimate of drug-likeness (QED) is 0.789. The minimum atomic E-state index is -0.0259. The summed E-state index contributed by atoms with van der Waals surface area (Å²) in [5.41, 5.74) is 0.921. The number of aryl methyl sites for hydroxylation is 1. The van der Waals surface area contributed by atoms with Gasteiger partial charge in [0.2, 0.25) is 5.91 Å². The second kappa shape index (κ2) is 4.35. The van der Waals surface area contributed by atoms with Gasteiger partial charge >= 0.3 is 0 Å². The fourth-order valence-corrected chi connectivity index (χ4v) is 1.27. The van der Waals surface area contributed by atoms with E-state index in [9.17, 15) is 4.79 Å². The summed E-state index contributed by atoms with van der Waals surface area (Å²) >= 11 is 0. The summed E-state index contributed by atoms with van der Waals surface area (Å²) in [5.74, 6) is 0.519. The second-order valence-corrected chi connectivity index (χ2v) is 3.47. The Balaban J connectivity index is 1.99. The lowest BCUT2D eigenvalue weighted by Gasteiger charge is -2.24. The number of hydrogen-bond acceptors (Lipinski definition) is 4. The Morgan fingerprint density at radius 3 is 3.00 bits per heavy atom. The van der Waals surface area contributed by atoms with E-state index in [1.807, 2.05) is 6.92 Å². The zero-order valence-corrected chi connectivity index (χ0v) is 8.56. The molecule has 0 spiro atoms. The van der Waals surface area contributed by atoms with Crippen molar-refractivity contribution >= 4 is 11.7 Å². The van der Waals surface area contributed by atoms with Gasteiger partial charge in [-0.15, -0.1) is 0 Å². The van der Waals surface area contributed by atoms with Gasteiger partial charge in [0, 0.05) is 11.8 Å². The van der Waals surface area contributed by atoms with E-state index in [1.165, 1.54) is 6.33 Å². The van der Waals surface area contributed by atoms with E-state index >= 15 is 0 Å². The highest BCUT2D eigenvalue weighted by atomic mass is 16.5. The van der Waals surface area contributed by atoms with Crippen LogP contribution in [0.5, 0.6) is 0 Å². The number of rotatable bonds is 3. The number of anilines is 1. The van der Waals surface area contributed by atoms with E-state index < -0.39 is 0 Å². The van der Waals surface area contributed by atoms with E-state index in [4.69, 9.17) is 4.74 Å². The molecule has 1 aromatic rings. The van der Waals surface area contributed by atoms with Crippen LogP contribution in [0.2, 0.25) is 0 Å². The van der Waals surface area contributed by atoms with Crippen LogP contribution in [0.15, 0.2) is 12.4 Å². The van der Waals surface area contributed by atoms with Crippen LogP contribution in [0.1, 0.15) is 12.6 Å². The first kappa shape index (κ1) is 10.0. The van der Waals surface area contributed by atoms with Crippen LogP contribution in [-0.4, -0.2) is 29.1 Å². The fourth-order valence-electron chi connectivity index (χ4n) is 1.27. The van der Waals surface area contributed by atoms with E-state index in [-0.39, 0.29) is 11.8 Å². The van der Waals surface area contributed by atoms with E-state index in [0.717, 1.165) is 12.1 Å². The predicted molar refractivity (Wildman–Crippen MR) is 54.3 cm³/mol. The molecule has 1 fully saturated rings. The van der Waals surface area contributed by atoms with Gasteiger partial charge in [0.05, 0.1) is 19.1 Å². The molecule has 0 bridgehead atoms. The molecule has 0 aromatic carbocycles. The molecule has 80 valence electrons. The first-order chi connectivity index (χ1) is 7.29. The standard InChI is InChI=1S/C10H13N3O2/c1-2-8-3-9(12-6-11-8)13-10(14)7-4-15-5-7/h3,6-7H,2,4-5H2,1H3,(H,11,12,13,14). The average Bonchev–Trinajstić information content (AvgIpc) is 2.15. The first-order valence-corrected chi connectivity index (χ1v) is 4.99. The Bertz CT molecular complexity index is 363. The Morgan fingerprint density at radius 1 is 1.60 bits per heavy atom. The number of ether oxygens (including phenoxy) is 1. The van der Waals surface area contributed by atoms with Crippen LogP contribution in [0.3, 0.4) is 0 Å². The van der Waals surface area contributed by atoms with Gasteiger partial charge in [0.15, 0.2) is 0 Å². The lowest BCUT2D eigenvalue weighted by molar-refractivity contribution is -0.133. The smallest absolute Gasteiger partial charge is 0.233 e. The second-order valence-electron chi connectivity index (χ2n) is 3.47. The Morgan fingerprint density at radius 2 is 2.40 bits per heavy atom. The molecule has 2 rings (SSSR count). The molecule has 0 atom stereocenters. The zero-order valence-electron chi connectivity index (χ0n) is 8.56. The third kappa shape index (κ3) is 2.30. The van der Waals surface area contributed by atoms with Crippen LogP contribution in [-0.2, 0) is 16.0 Å². The molecule has 1 N–H and O–H groups in total. The number of nitrogens with one attached hydrogen (secondary N) is 1. The maximum atomic E-state index is 11.5. The molecule has 5 nitrogen and oxygen atoms in total. The summed E-state index contributed by atoms with van der Waals surface area (Å²) in [6.45, 7) is 3.03. The highest BCUT2D eigenvalue weighted by Crippen LogP contribution is 2.13. The minimum Gasteiger partial charge on any atom is -0.380 e. The SMILES string of the molecule is CCc1cc(NC(=O)C2COC2)ncn1. The number of carbonyl (C=O) groups excluding carboxylic acids is 1. The Labute approximate surface area is 87.9 Å². The zero-order chi connectivity index (χ0) is 10.7. The molecule has 0 unspecified atom stereocenters. The molecule has 0 radical (unpaired) electrons. The van der Waals surface area contributed by atoms with Crippen molar-refractivity contribution in [3.05, 3.63) is 18.1 Å². The number of hydrogen-bond donors (Lipinski definition) is 1. The summed E-state index contributed by atoms with van der Waals surface area (Å²) in [6.07, 6.45) is 2.30. The number of amides is 1. The largest absolute Gasteiger partial charge is 0.380 e. The summed E-state index contributed by atoms with van der Waals surface area (Å²) in [5, 5.41) is 2.75. The third-order valence-electron chi connectivity index (χ3n) is 2.35. The fraction of sp³-hybridized carbons (Fsp3) is 0.500. The van der Waals surface area contributed by atoms with Crippen molar-refractivity contribution in [2.75, 3.05) is 18.5 Å². The maximum absolute atomic E-state index is 11.5. The average molecular weight is 207 g/mol. The van der Waals surface area contributed by atoms with Gasteiger partial charge in [-0.1, -0.05) is 6.92 Å². The molecular formula is C10H13N3O2. The van der Waals surface area contributed by atoms with Crippen LogP contribution in [0.4, 0.5) is 5.82 Å². The molecule has 1 aliphatic rings. The van der Waals surface area contributed by atoms with Gasteiger partial charge < -0.3 is 10.1 Å². The molecule has 1 aromatic heterocycles. The molecule has 2 heterocycles. The predicted octanol–water partition coefficient (Wildman–Crippen LogP) is 0.624. The van der Waals surface area contributed by atoms with Crippen molar-refractivity contribution in [2.24, 2.45) is 5.92 Å². The first-order valence-electron chi connectivity index (χ1n) is 4.99. The molecule has 1 saturated heterocycles. The lowest BCUT2D eigenvalue weighted by atomic mass is 10.1. The lowest BCUT2D eigenvalue weighted by Crippen LogP contribution is -2.38. The topological polar surface area (TPSA) is 64.1 Å². The monoisotopic (exact) mass is 207 g/mol. The summed E-state index contributed by atoms with van der Waals surface area (Å²) in [6, 6.07) is 1.79. The maximum Gasteiger partial charge on any atom is 0.233 e. The normalized spacial score (nSPS) is 15.8. The van der Waals surface area contributed by atoms with Crippen molar-refractivity contribution in [3.8, 4) is 0 Å². The summed E-state index contributed by atoms with van der Waals surface area (Å²) < 4.78 is 4.95. The Hall–Kier alpha value is -1.49. The molecule has 5 heteroatoms. The molecule has 0 aliphatic carbocycles. The highest BCUT2D eigenvalue weighted by molar-refractivity contribution is 5.92. The van der Waals surface area contributed by atoms with E-state index in [0.29, 0.717) is 19.0 Å². The van der Waals surface area contributed by atoms with Gasteiger partial charge in [0.1, 0.15) is 12.1 Å². The van der Waals surface area contributed by atoms with Crippen molar-refractivity contribution in [1.82, 2.24) is 9.97 Å². The minimum absolute atomic E-state index is 0.0231. The van der Waals surface area contributed by atoms with Crippen molar-refractivity contribution in [2.45, 2.75) is 13.3 Å². The van der Waals surface area contributed by atoms with Gasteiger partial charge in [0.25, 0.3) is 0 Å². The number of aromatic nitrogens is 2. The van der Waals surface area contributed by atoms with Gasteiger partial charge in [-0.3, -0.25) is 4.79 Å². The molecule has 0 saturated carbocycles. The van der Waals surface area contributed by atoms with Gasteiger partial charge in [-0.2, -0.15) is 0 Å². The third-order valence-corrected chi connectivity index (χ3v) is 2.35. The Kier molecular flexibility index (Phi) is 2.91. The highest BCUT2D eigenvalue weighted by Gasteiger charge is 2.26. The van der Waals surface area contributed by atoms with Crippen molar-refractivity contribution < 1.29 is 9.53 Å². The number of nitrogens with zero attached hydrogens (tertiary/aromatic N) is 2. The molecule has 15 heavy (non-hydrogen) atoms. The van der Waals surface area contributed by atoms with Crippen LogP contribution in [0, 0.1) is 5.92 Å². The van der Waals surface area contributed by atoms with Crippen molar-refractivity contribution in [1.29, 1.82) is 0 Å². The van der Waals surface area contributed by atoms with Gasteiger partial charge in [-0.25, -0.2) is 9.97 Å². The van der Waals surface area contributed by atoms with Gasteiger partial charge in [-0.05, 0) is 6.42 Å². The van der Waals surface area contributed by atoms with E-state index in [1.54, 1.807) is 6.07 Å². The summed E-state index contributed by atoms with van der Waals surface area (Å²) in [7, 11) is 0. The van der Waals surface area contributed by atoms with Crippen LogP contribution in [0.25, 0.3) is 0 Å². The van der Waals surface area contributed by atoms with Crippen molar-refractivity contribution in [3.63, 3.8) is 0 Å².